The Labute approximate surface area is 683 Å². The fourth-order valence-electron chi connectivity index (χ4n) is 9.21. The summed E-state index contributed by atoms with van der Waals surface area (Å²) in [6.45, 7) is 11.8. The van der Waals surface area contributed by atoms with Gasteiger partial charge in [0.05, 0.1) is 68.8 Å². The van der Waals surface area contributed by atoms with Gasteiger partial charge in [0.15, 0.2) is 24.4 Å². The third kappa shape index (κ3) is 26.4. The van der Waals surface area contributed by atoms with E-state index in [1.165, 1.54) is 33.6 Å². The topological polar surface area (TPSA) is 331 Å². The smallest absolute Gasteiger partial charge is 1.00 e. The molecule has 37 heteroatoms. The number of halogens is 6. The molecule has 2 aliphatic rings. The van der Waals surface area contributed by atoms with Crippen molar-refractivity contribution in [1.29, 1.82) is 0 Å². The molecule has 8 heterocycles. The first-order valence-corrected chi connectivity index (χ1v) is 30.9. The van der Waals surface area contributed by atoms with Crippen LogP contribution in [0.15, 0.2) is 72.2 Å². The number of aromatic nitrogens is 12. The molecule has 2 aliphatic carbocycles. The predicted octanol–water partition coefficient (Wildman–Crippen LogP) is 6.20. The van der Waals surface area contributed by atoms with Crippen LogP contribution in [0.1, 0.15) is 136 Å². The van der Waals surface area contributed by atoms with Crippen molar-refractivity contribution in [3.63, 3.8) is 0 Å². The summed E-state index contributed by atoms with van der Waals surface area (Å²) < 4.78 is 108. The number of carbonyl (C=O) groups is 5. The third-order valence-corrected chi connectivity index (χ3v) is 15.1. The SMILES string of the molecule is C.CC(C)OC(=O)OCCl.CCOC1CCC(n2cc(NC(=O)c3csc(-c4cn[nH]c4)n3)c(-c3nc(F)ccc3F)n2)CC1.CCOC1CCC(n2cc(NC(=O)c3csc(-c4cnn(COC(=O)OC(C)C)c4)n3)c(-c3nc(F)ccc3F)n2)CC1.O=CO[O-].[2H]CF.[Cs+].[Cs+].[H-]. The molecule has 2 amide bonds. The number of carbonyl (C=O) groups excluding carboxylic acids is 5. The summed E-state index contributed by atoms with van der Waals surface area (Å²) in [5.41, 5.74) is 1.59. The summed E-state index contributed by atoms with van der Waals surface area (Å²) in [5, 5.41) is 38.1. The molecule has 0 bridgehead atoms. The molecule has 2 saturated carbocycles. The summed E-state index contributed by atoms with van der Waals surface area (Å²) in [4.78, 5) is 75.6. The number of thiazole rings is 2. The molecule has 512 valence electrons. The van der Waals surface area contributed by atoms with Gasteiger partial charge in [-0.1, -0.05) is 19.0 Å². The number of rotatable bonds is 20. The minimum atomic E-state index is -1.00. The van der Waals surface area contributed by atoms with Crippen LogP contribution in [-0.4, -0.2) is 141 Å². The standard InChI is InChI=1S/C28H31F2N7O5S.C23H23F2N7O2S.C5H9ClO3.CH3F.CH2O3.CH4.2Cs.H/c1-4-40-19-7-5-18(6-8-19)37-13-21(25(35-37)24-20(29)9-10-23(30)34-24)32-26(38)22-14-43-27(33-22)17-11-31-36(12-17)15-41-28(39)42-16(2)3;1-2-34-15-5-3-14(4-6-15)32-11-17(21(31-32)20-16(24)7-8-19(25)30-20)28-22(33)18-12-35-23(29-18)13-9-26-27-10-13;1-4(2)9-5(7)8-3-6;1-2;2-1-4-3;;;;/h9-14,16,18-19H,4-8,15H2,1-3H3,(H,32,38);7-12,14-15H,2-6H2,1H3,(H,26,27)(H,28,33);4H,3H2,1-2H3;1H3;1,3H;1H4;;;/q;;;;;;2*+1;-1/p-1/i;;;1D;;;;;. The average Bonchev–Trinajstić information content (AvgIpc) is 1.64. The zero-order valence-electron chi connectivity index (χ0n) is 55.0. The minimum Gasteiger partial charge on any atom is -1.00 e. The van der Waals surface area contributed by atoms with E-state index in [0.29, 0.717) is 28.8 Å². The van der Waals surface area contributed by atoms with Crippen LogP contribution in [0, 0.1) is 23.5 Å². The van der Waals surface area contributed by atoms with Crippen LogP contribution in [0.25, 0.3) is 43.9 Å². The van der Waals surface area contributed by atoms with Crippen molar-refractivity contribution in [2.75, 3.05) is 37.1 Å². The molecule has 27 nitrogen and oxygen atoms in total. The number of anilines is 2. The monoisotopic (exact) mass is 1650 g/mol. The van der Waals surface area contributed by atoms with Crippen LogP contribution in [0.4, 0.5) is 42.9 Å². The van der Waals surface area contributed by atoms with Gasteiger partial charge in [-0.25, -0.2) is 43.0 Å². The number of pyridine rings is 2. The second-order valence-corrected chi connectivity index (χ2v) is 22.2. The molecule has 8 aromatic rings. The number of nitrogens with one attached hydrogen (secondary N) is 3. The molecule has 96 heavy (non-hydrogen) atoms. The number of H-pyrrole nitrogens is 1. The van der Waals surface area contributed by atoms with E-state index < -0.39 is 54.8 Å². The van der Waals surface area contributed by atoms with Gasteiger partial charge in [-0.2, -0.15) is 29.2 Å². The van der Waals surface area contributed by atoms with E-state index in [2.05, 4.69) is 70.4 Å². The van der Waals surface area contributed by atoms with E-state index in [1.807, 2.05) is 13.8 Å². The molecule has 0 aliphatic heterocycles. The Bertz CT molecular complexity index is 3700. The molecular formula is C59H72ClCs2F5N14O13S2. The maximum atomic E-state index is 14.8. The van der Waals surface area contributed by atoms with Gasteiger partial charge in [-0.05, 0) is 117 Å². The normalized spacial score (nSPS) is 15.4. The number of alkyl halides is 2. The summed E-state index contributed by atoms with van der Waals surface area (Å²) in [5.74, 6) is -4.26. The summed E-state index contributed by atoms with van der Waals surface area (Å²) in [6.07, 6.45) is 14.7. The Morgan fingerprint density at radius 3 is 1.54 bits per heavy atom. The Morgan fingerprint density at radius 2 is 1.15 bits per heavy atom. The van der Waals surface area contributed by atoms with Gasteiger partial charge in [-0.15, -0.1) is 22.7 Å². The largest absolute Gasteiger partial charge is 1.00 e. The fourth-order valence-corrected chi connectivity index (χ4v) is 10.9. The van der Waals surface area contributed by atoms with Crippen molar-refractivity contribution in [3.8, 4) is 43.9 Å². The molecular weight excluding hydrogens is 1570 g/mol. The zero-order chi connectivity index (χ0) is 68.3. The number of hydrogen-bond donors (Lipinski definition) is 3. The summed E-state index contributed by atoms with van der Waals surface area (Å²) >= 11 is 7.57. The molecule has 0 saturated heterocycles. The number of aromatic amines is 1. The Hall–Kier alpha value is -4.73. The van der Waals surface area contributed by atoms with Gasteiger partial charge in [-0.3, -0.25) is 33.2 Å². The van der Waals surface area contributed by atoms with Crippen LogP contribution in [0.3, 0.4) is 0 Å². The Morgan fingerprint density at radius 1 is 0.708 bits per heavy atom. The fraction of sp³-hybridized carbons (Fsp3) is 0.441. The maximum absolute atomic E-state index is 14.8. The number of nitrogens with zero attached hydrogens (tertiary/aromatic N) is 11. The van der Waals surface area contributed by atoms with Crippen molar-refractivity contribution < 1.29 is 225 Å². The first-order valence-electron chi connectivity index (χ1n) is 29.3. The first-order chi connectivity index (χ1) is 45.2. The van der Waals surface area contributed by atoms with Crippen LogP contribution < -0.4 is 154 Å². The quantitative estimate of drug-likeness (QED) is 0.0145. The van der Waals surface area contributed by atoms with Gasteiger partial charge in [0, 0.05) is 59.9 Å². The molecule has 10 rings (SSSR count). The second-order valence-electron chi connectivity index (χ2n) is 20.2. The van der Waals surface area contributed by atoms with E-state index in [-0.39, 0.29) is 248 Å². The summed E-state index contributed by atoms with van der Waals surface area (Å²) in [6, 6.07) is 3.71. The van der Waals surface area contributed by atoms with E-state index in [9.17, 15) is 41.1 Å². The van der Waals surface area contributed by atoms with Gasteiger partial charge < -0.3 is 50.6 Å². The molecule has 0 radical (unpaired) electrons. The zero-order valence-corrected chi connectivity index (χ0v) is 67.9. The molecule has 3 N–H and O–H groups in total. The molecule has 2 fully saturated rings. The molecule has 0 atom stereocenters. The number of amides is 2. The third-order valence-electron chi connectivity index (χ3n) is 13.2. The molecule has 0 unspecified atom stereocenters. The van der Waals surface area contributed by atoms with E-state index in [4.69, 9.17) is 42.0 Å². The Balaban J connectivity index is 0.000000533. The van der Waals surface area contributed by atoms with Crippen molar-refractivity contribution in [2.45, 2.75) is 144 Å². The van der Waals surface area contributed by atoms with Gasteiger partial charge in [0.25, 0.3) is 18.3 Å². The van der Waals surface area contributed by atoms with Crippen LogP contribution in [0.2, 0.25) is 0 Å². The number of hydrogen-bond acceptors (Lipinski definition) is 23. The maximum Gasteiger partial charge on any atom is 1.00 e. The van der Waals surface area contributed by atoms with Crippen molar-refractivity contribution in [3.05, 3.63) is 107 Å². The van der Waals surface area contributed by atoms with Crippen LogP contribution >= 0.6 is 34.3 Å². The van der Waals surface area contributed by atoms with Crippen LogP contribution in [0.5, 0.6) is 0 Å². The van der Waals surface area contributed by atoms with Crippen molar-refractivity contribution in [2.24, 2.45) is 0 Å². The van der Waals surface area contributed by atoms with Gasteiger partial charge >= 0.3 is 150 Å². The van der Waals surface area contributed by atoms with E-state index in [0.717, 1.165) is 81.2 Å². The first kappa shape index (κ1) is 83.7. The average molecular weight is 1650 g/mol. The molecule has 0 spiro atoms. The Kier molecular flexibility index (Phi) is 38.7. The molecule has 8 aromatic heterocycles. The molecule has 0 aromatic carbocycles. The second kappa shape index (κ2) is 44.4. The van der Waals surface area contributed by atoms with Crippen LogP contribution in [-0.2, 0) is 44.8 Å². The van der Waals surface area contributed by atoms with E-state index >= 15 is 0 Å². The predicted molar refractivity (Wildman–Crippen MR) is 334 cm³/mol. The van der Waals surface area contributed by atoms with E-state index in [1.54, 1.807) is 78.8 Å². The van der Waals surface area contributed by atoms with Crippen molar-refractivity contribution in [1.82, 2.24) is 59.5 Å². The van der Waals surface area contributed by atoms with Gasteiger partial charge in [0.1, 0.15) is 44.2 Å². The van der Waals surface area contributed by atoms with Gasteiger partial charge in [0.2, 0.25) is 11.9 Å². The minimum absolute atomic E-state index is 0. The number of ether oxygens (including phenoxy) is 6. The summed E-state index contributed by atoms with van der Waals surface area (Å²) in [7, 11) is -1.00. The van der Waals surface area contributed by atoms with Crippen molar-refractivity contribution >= 4 is 76.2 Å².